The summed E-state index contributed by atoms with van der Waals surface area (Å²) in [6, 6.07) is -0.655. The number of carboxylic acids is 1. The molecule has 100 valence electrons. The van der Waals surface area contributed by atoms with Gasteiger partial charge in [0.1, 0.15) is 6.04 Å². The summed E-state index contributed by atoms with van der Waals surface area (Å²) in [5.41, 5.74) is 5.77. The van der Waals surface area contributed by atoms with Crippen LogP contribution in [0.5, 0.6) is 0 Å². The molecule has 0 amide bonds. The van der Waals surface area contributed by atoms with Crippen LogP contribution in [0, 0.1) is 5.92 Å². The highest BCUT2D eigenvalue weighted by Gasteiger charge is 2.23. The fraction of sp³-hybridized carbons (Fsp3) is 0.929. The molecule has 1 saturated carbocycles. The molecule has 0 saturated heterocycles. The van der Waals surface area contributed by atoms with E-state index in [2.05, 4.69) is 0 Å². The predicted molar refractivity (Wildman–Crippen MR) is 69.9 cm³/mol. The molecule has 3 heteroatoms. The Morgan fingerprint density at radius 1 is 0.882 bits per heavy atom. The lowest BCUT2D eigenvalue weighted by Crippen LogP contribution is -2.38. The van der Waals surface area contributed by atoms with Crippen LogP contribution in [0.2, 0.25) is 0 Å². The molecule has 0 heterocycles. The van der Waals surface area contributed by atoms with Gasteiger partial charge in [0.25, 0.3) is 0 Å². The minimum Gasteiger partial charge on any atom is -0.480 e. The number of hydrogen-bond acceptors (Lipinski definition) is 2. The number of hydrogen-bond donors (Lipinski definition) is 2. The topological polar surface area (TPSA) is 63.3 Å². The van der Waals surface area contributed by atoms with Gasteiger partial charge in [-0.15, -0.1) is 0 Å². The Morgan fingerprint density at radius 3 is 1.59 bits per heavy atom. The van der Waals surface area contributed by atoms with Crippen molar-refractivity contribution in [3.05, 3.63) is 0 Å². The normalized spacial score (nSPS) is 23.4. The Hall–Kier alpha value is -0.570. The van der Waals surface area contributed by atoms with Crippen LogP contribution >= 0.6 is 0 Å². The van der Waals surface area contributed by atoms with Crippen LogP contribution in [0.4, 0.5) is 0 Å². The third-order valence-electron chi connectivity index (χ3n) is 3.94. The van der Waals surface area contributed by atoms with Gasteiger partial charge < -0.3 is 10.8 Å². The summed E-state index contributed by atoms with van der Waals surface area (Å²) in [6.45, 7) is 0. The van der Waals surface area contributed by atoms with Crippen LogP contribution in [-0.2, 0) is 4.79 Å². The maximum atomic E-state index is 10.9. The van der Waals surface area contributed by atoms with Gasteiger partial charge in [0, 0.05) is 0 Å². The first-order valence-corrected chi connectivity index (χ1v) is 7.20. The Balaban J connectivity index is 2.39. The molecule has 0 bridgehead atoms. The van der Waals surface area contributed by atoms with E-state index in [-0.39, 0.29) is 5.92 Å². The second-order valence-corrected chi connectivity index (χ2v) is 5.38. The molecule has 1 atom stereocenters. The van der Waals surface area contributed by atoms with Crippen molar-refractivity contribution in [2.45, 2.75) is 76.7 Å². The average Bonchev–Trinajstić information content (AvgIpc) is 2.29. The molecule has 3 N–H and O–H groups in total. The van der Waals surface area contributed by atoms with Gasteiger partial charge >= 0.3 is 5.97 Å². The van der Waals surface area contributed by atoms with Crippen molar-refractivity contribution in [3.8, 4) is 0 Å². The predicted octanol–water partition coefficient (Wildman–Crippen LogP) is 3.32. The number of aliphatic carboxylic acids is 1. The van der Waals surface area contributed by atoms with E-state index in [1.165, 1.54) is 44.9 Å². The van der Waals surface area contributed by atoms with E-state index in [0.29, 0.717) is 0 Å². The van der Waals surface area contributed by atoms with Gasteiger partial charge in [0.05, 0.1) is 0 Å². The Bertz CT molecular complexity index is 206. The minimum atomic E-state index is -0.831. The van der Waals surface area contributed by atoms with Crippen LogP contribution in [0.15, 0.2) is 0 Å². The van der Waals surface area contributed by atoms with Crippen molar-refractivity contribution < 1.29 is 9.90 Å². The lowest BCUT2D eigenvalue weighted by Gasteiger charge is -2.21. The summed E-state index contributed by atoms with van der Waals surface area (Å²) in [7, 11) is 0. The lowest BCUT2D eigenvalue weighted by molar-refractivity contribution is -0.140. The van der Waals surface area contributed by atoms with Crippen molar-refractivity contribution in [1.29, 1.82) is 0 Å². The quantitative estimate of drug-likeness (QED) is 0.779. The van der Waals surface area contributed by atoms with Gasteiger partial charge in [-0.05, 0) is 18.8 Å². The van der Waals surface area contributed by atoms with Crippen molar-refractivity contribution in [2.75, 3.05) is 0 Å². The van der Waals surface area contributed by atoms with Crippen LogP contribution in [0.1, 0.15) is 70.6 Å². The fourth-order valence-corrected chi connectivity index (χ4v) is 2.76. The van der Waals surface area contributed by atoms with Crippen molar-refractivity contribution in [1.82, 2.24) is 0 Å². The average molecular weight is 241 g/mol. The standard InChI is InChI=1S/C14H27NO2/c15-13(14(16)17)12-10-8-6-4-2-1-3-5-7-9-11-12/h12-13H,1-11,15H2,(H,16,17). The molecule has 1 rings (SSSR count). The molecule has 0 aliphatic heterocycles. The van der Waals surface area contributed by atoms with E-state index in [4.69, 9.17) is 10.8 Å². The maximum absolute atomic E-state index is 10.9. The van der Waals surface area contributed by atoms with E-state index < -0.39 is 12.0 Å². The SMILES string of the molecule is NC(C(=O)O)C1CCCCCCCCCCC1. The minimum absolute atomic E-state index is 0.187. The maximum Gasteiger partial charge on any atom is 0.320 e. The zero-order chi connectivity index (χ0) is 12.5. The molecule has 3 nitrogen and oxygen atoms in total. The Labute approximate surface area is 105 Å². The number of nitrogens with two attached hydrogens (primary N) is 1. The summed E-state index contributed by atoms with van der Waals surface area (Å²) >= 11 is 0. The Morgan fingerprint density at radius 2 is 1.24 bits per heavy atom. The molecule has 1 aliphatic rings. The van der Waals surface area contributed by atoms with Crippen molar-refractivity contribution in [3.63, 3.8) is 0 Å². The first-order chi connectivity index (χ1) is 8.22. The summed E-state index contributed by atoms with van der Waals surface area (Å²) in [4.78, 5) is 10.9. The van der Waals surface area contributed by atoms with E-state index in [0.717, 1.165) is 25.7 Å². The molecule has 1 fully saturated rings. The van der Waals surface area contributed by atoms with Gasteiger partial charge in [-0.1, -0.05) is 57.8 Å². The van der Waals surface area contributed by atoms with E-state index in [1.807, 2.05) is 0 Å². The van der Waals surface area contributed by atoms with Gasteiger partial charge in [0.2, 0.25) is 0 Å². The second-order valence-electron chi connectivity index (χ2n) is 5.38. The van der Waals surface area contributed by atoms with Crippen molar-refractivity contribution >= 4 is 5.97 Å². The molecule has 0 aromatic rings. The lowest BCUT2D eigenvalue weighted by atomic mass is 9.88. The monoisotopic (exact) mass is 241 g/mol. The zero-order valence-corrected chi connectivity index (χ0v) is 10.9. The van der Waals surface area contributed by atoms with Gasteiger partial charge in [-0.2, -0.15) is 0 Å². The molecular weight excluding hydrogens is 214 g/mol. The highest BCUT2D eigenvalue weighted by molar-refractivity contribution is 5.73. The fourth-order valence-electron chi connectivity index (χ4n) is 2.76. The summed E-state index contributed by atoms with van der Waals surface area (Å²) < 4.78 is 0. The van der Waals surface area contributed by atoms with Crippen LogP contribution < -0.4 is 5.73 Å². The van der Waals surface area contributed by atoms with Crippen LogP contribution in [0.3, 0.4) is 0 Å². The van der Waals surface area contributed by atoms with E-state index in [9.17, 15) is 4.79 Å². The molecule has 0 spiro atoms. The highest BCUT2D eigenvalue weighted by atomic mass is 16.4. The summed E-state index contributed by atoms with van der Waals surface area (Å²) in [5, 5.41) is 9.00. The molecule has 1 aliphatic carbocycles. The molecule has 17 heavy (non-hydrogen) atoms. The molecule has 0 aromatic carbocycles. The van der Waals surface area contributed by atoms with Crippen LogP contribution in [-0.4, -0.2) is 17.1 Å². The van der Waals surface area contributed by atoms with E-state index in [1.54, 1.807) is 0 Å². The molecule has 1 unspecified atom stereocenters. The third kappa shape index (κ3) is 6.06. The molecule has 0 aromatic heterocycles. The Kier molecular flexibility index (Phi) is 7.25. The first kappa shape index (κ1) is 14.5. The number of carboxylic acid groups (broad SMARTS) is 1. The van der Waals surface area contributed by atoms with Gasteiger partial charge in [-0.3, -0.25) is 4.79 Å². The van der Waals surface area contributed by atoms with Crippen LogP contribution in [0.25, 0.3) is 0 Å². The van der Waals surface area contributed by atoms with E-state index >= 15 is 0 Å². The highest BCUT2D eigenvalue weighted by Crippen LogP contribution is 2.22. The third-order valence-corrected chi connectivity index (χ3v) is 3.94. The first-order valence-electron chi connectivity index (χ1n) is 7.20. The largest absolute Gasteiger partial charge is 0.480 e. The molecular formula is C14H27NO2. The zero-order valence-electron chi connectivity index (χ0n) is 10.9. The van der Waals surface area contributed by atoms with Gasteiger partial charge in [0.15, 0.2) is 0 Å². The number of carbonyl (C=O) groups is 1. The molecule has 0 radical (unpaired) electrons. The van der Waals surface area contributed by atoms with Crippen molar-refractivity contribution in [2.24, 2.45) is 11.7 Å². The summed E-state index contributed by atoms with van der Waals surface area (Å²) in [6.07, 6.45) is 13.4. The summed E-state index contributed by atoms with van der Waals surface area (Å²) in [5.74, 6) is -0.644. The second kappa shape index (κ2) is 8.51. The van der Waals surface area contributed by atoms with Gasteiger partial charge in [-0.25, -0.2) is 0 Å². The smallest absolute Gasteiger partial charge is 0.320 e. The number of rotatable bonds is 2.